The van der Waals surface area contributed by atoms with Gasteiger partial charge >= 0.3 is 6.03 Å². The van der Waals surface area contributed by atoms with Crippen LogP contribution in [0.25, 0.3) is 0 Å². The van der Waals surface area contributed by atoms with Gasteiger partial charge in [-0.1, -0.05) is 20.8 Å². The van der Waals surface area contributed by atoms with Gasteiger partial charge in [0.05, 0.1) is 6.26 Å². The first-order chi connectivity index (χ1) is 10.3. The Labute approximate surface area is 132 Å². The number of nitrogens with one attached hydrogen (secondary N) is 1. The average Bonchev–Trinajstić information content (AvgIpc) is 3.08. The summed E-state index contributed by atoms with van der Waals surface area (Å²) in [6.45, 7) is 9.11. The molecule has 0 aliphatic carbocycles. The van der Waals surface area contributed by atoms with Gasteiger partial charge in [-0.3, -0.25) is 0 Å². The molecule has 5 nitrogen and oxygen atoms in total. The highest BCUT2D eigenvalue weighted by Crippen LogP contribution is 2.28. The lowest BCUT2D eigenvalue weighted by Gasteiger charge is -2.32. The molecular formula is C17H28N2O3. The molecular weight excluding hydrogens is 280 g/mol. The lowest BCUT2D eigenvalue weighted by atomic mass is 9.88. The van der Waals surface area contributed by atoms with Crippen LogP contribution in [-0.4, -0.2) is 34.7 Å². The standard InChI is InChI=1S/C17H28N2O3/c1-12(17(2,3)4)18-16(21)19-9-5-7-13(19)11-14(20)15-8-6-10-22-15/h6,8,10,12-14,20H,5,7,9,11H2,1-4H3,(H,18,21). The van der Waals surface area contributed by atoms with E-state index in [2.05, 4.69) is 26.1 Å². The molecule has 1 aromatic heterocycles. The van der Waals surface area contributed by atoms with Crippen LogP contribution in [0.15, 0.2) is 22.8 Å². The Bertz CT molecular complexity index is 479. The average molecular weight is 308 g/mol. The summed E-state index contributed by atoms with van der Waals surface area (Å²) in [5.74, 6) is 0.565. The predicted octanol–water partition coefficient (Wildman–Crippen LogP) is 3.31. The van der Waals surface area contributed by atoms with Crippen molar-refractivity contribution in [2.24, 2.45) is 5.41 Å². The summed E-state index contributed by atoms with van der Waals surface area (Å²) in [5.41, 5.74) is 0.0264. The number of amides is 2. The first-order valence-electron chi connectivity index (χ1n) is 8.07. The highest BCUT2D eigenvalue weighted by atomic mass is 16.4. The number of furan rings is 1. The summed E-state index contributed by atoms with van der Waals surface area (Å²) in [6.07, 6.45) is 3.32. The zero-order chi connectivity index (χ0) is 16.3. The van der Waals surface area contributed by atoms with Crippen LogP contribution in [0.5, 0.6) is 0 Å². The molecule has 0 bridgehead atoms. The Morgan fingerprint density at radius 1 is 1.55 bits per heavy atom. The van der Waals surface area contributed by atoms with E-state index in [0.717, 1.165) is 19.4 Å². The maximum Gasteiger partial charge on any atom is 0.317 e. The number of nitrogens with zero attached hydrogens (tertiary/aromatic N) is 1. The number of hydrogen-bond acceptors (Lipinski definition) is 3. The number of likely N-dealkylation sites (tertiary alicyclic amines) is 1. The lowest BCUT2D eigenvalue weighted by molar-refractivity contribution is 0.106. The van der Waals surface area contributed by atoms with Crippen molar-refractivity contribution in [2.75, 3.05) is 6.54 Å². The molecule has 2 amide bonds. The first-order valence-corrected chi connectivity index (χ1v) is 8.07. The van der Waals surface area contributed by atoms with E-state index in [1.807, 2.05) is 11.8 Å². The van der Waals surface area contributed by atoms with Crippen molar-refractivity contribution in [1.29, 1.82) is 0 Å². The summed E-state index contributed by atoms with van der Waals surface area (Å²) in [7, 11) is 0. The van der Waals surface area contributed by atoms with E-state index in [9.17, 15) is 9.90 Å². The van der Waals surface area contributed by atoms with Crippen molar-refractivity contribution in [3.63, 3.8) is 0 Å². The highest BCUT2D eigenvalue weighted by molar-refractivity contribution is 5.75. The van der Waals surface area contributed by atoms with Crippen molar-refractivity contribution in [3.8, 4) is 0 Å². The topological polar surface area (TPSA) is 65.7 Å². The molecule has 124 valence electrons. The minimum Gasteiger partial charge on any atom is -0.467 e. The Hall–Kier alpha value is -1.49. The molecule has 2 heterocycles. The van der Waals surface area contributed by atoms with E-state index in [1.165, 1.54) is 0 Å². The Balaban J connectivity index is 1.94. The van der Waals surface area contributed by atoms with Crippen LogP contribution in [0.4, 0.5) is 4.79 Å². The van der Waals surface area contributed by atoms with Gasteiger partial charge in [0, 0.05) is 25.0 Å². The van der Waals surface area contributed by atoms with Gasteiger partial charge in [-0.05, 0) is 37.3 Å². The van der Waals surface area contributed by atoms with Gasteiger partial charge in [0.2, 0.25) is 0 Å². The second-order valence-corrected chi connectivity index (χ2v) is 7.29. The SMILES string of the molecule is CC(NC(=O)N1CCCC1CC(O)c1ccco1)C(C)(C)C. The number of carbonyl (C=O) groups is 1. The third kappa shape index (κ3) is 4.03. The van der Waals surface area contributed by atoms with Crippen LogP contribution >= 0.6 is 0 Å². The maximum atomic E-state index is 12.5. The van der Waals surface area contributed by atoms with E-state index < -0.39 is 6.10 Å². The van der Waals surface area contributed by atoms with Crippen molar-refractivity contribution >= 4 is 6.03 Å². The molecule has 0 aromatic carbocycles. The number of carbonyl (C=O) groups excluding carboxylic acids is 1. The molecule has 1 aliphatic rings. The van der Waals surface area contributed by atoms with Gasteiger partial charge in [0.15, 0.2) is 0 Å². The molecule has 1 fully saturated rings. The summed E-state index contributed by atoms with van der Waals surface area (Å²) < 4.78 is 5.24. The van der Waals surface area contributed by atoms with Gasteiger partial charge < -0.3 is 19.7 Å². The van der Waals surface area contributed by atoms with Crippen molar-refractivity contribution in [3.05, 3.63) is 24.2 Å². The minimum atomic E-state index is -0.659. The van der Waals surface area contributed by atoms with Crippen LogP contribution in [0.3, 0.4) is 0 Å². The van der Waals surface area contributed by atoms with Gasteiger partial charge in [0.25, 0.3) is 0 Å². The first kappa shape index (κ1) is 16.9. The molecule has 2 rings (SSSR count). The maximum absolute atomic E-state index is 12.5. The van der Waals surface area contributed by atoms with Crippen molar-refractivity contribution in [2.45, 2.75) is 65.1 Å². The van der Waals surface area contributed by atoms with E-state index in [0.29, 0.717) is 12.2 Å². The Kier molecular flexibility index (Phi) is 5.16. The fourth-order valence-corrected chi connectivity index (χ4v) is 2.69. The van der Waals surface area contributed by atoms with Gasteiger partial charge in [-0.25, -0.2) is 4.79 Å². The van der Waals surface area contributed by atoms with Crippen molar-refractivity contribution < 1.29 is 14.3 Å². The molecule has 0 saturated carbocycles. The Morgan fingerprint density at radius 3 is 2.86 bits per heavy atom. The fourth-order valence-electron chi connectivity index (χ4n) is 2.69. The second-order valence-electron chi connectivity index (χ2n) is 7.29. The van der Waals surface area contributed by atoms with Crippen LogP contribution in [0.2, 0.25) is 0 Å². The van der Waals surface area contributed by atoms with E-state index >= 15 is 0 Å². The quantitative estimate of drug-likeness (QED) is 0.897. The van der Waals surface area contributed by atoms with Crippen molar-refractivity contribution in [1.82, 2.24) is 10.2 Å². The fraction of sp³-hybridized carbons (Fsp3) is 0.706. The molecule has 5 heteroatoms. The van der Waals surface area contributed by atoms with Gasteiger partial charge in [0.1, 0.15) is 11.9 Å². The molecule has 0 spiro atoms. The monoisotopic (exact) mass is 308 g/mol. The molecule has 2 N–H and O–H groups in total. The molecule has 22 heavy (non-hydrogen) atoms. The van der Waals surface area contributed by atoms with E-state index in [1.54, 1.807) is 18.4 Å². The molecule has 3 unspecified atom stereocenters. The largest absolute Gasteiger partial charge is 0.467 e. The molecule has 1 saturated heterocycles. The summed E-state index contributed by atoms with van der Waals surface area (Å²) in [6, 6.07) is 3.66. The molecule has 1 aliphatic heterocycles. The van der Waals surface area contributed by atoms with E-state index in [4.69, 9.17) is 4.42 Å². The number of aliphatic hydroxyl groups is 1. The zero-order valence-electron chi connectivity index (χ0n) is 14.0. The highest BCUT2D eigenvalue weighted by Gasteiger charge is 2.33. The predicted molar refractivity (Wildman–Crippen MR) is 85.5 cm³/mol. The zero-order valence-corrected chi connectivity index (χ0v) is 14.0. The van der Waals surface area contributed by atoms with Crippen LogP contribution < -0.4 is 5.32 Å². The minimum absolute atomic E-state index is 0.0264. The smallest absolute Gasteiger partial charge is 0.317 e. The van der Waals surface area contributed by atoms with Crippen LogP contribution in [-0.2, 0) is 0 Å². The van der Waals surface area contributed by atoms with Crippen LogP contribution in [0.1, 0.15) is 58.8 Å². The molecule has 1 aromatic rings. The lowest BCUT2D eigenvalue weighted by Crippen LogP contribution is -2.49. The third-order valence-corrected chi connectivity index (χ3v) is 4.64. The molecule has 3 atom stereocenters. The van der Waals surface area contributed by atoms with Gasteiger partial charge in [-0.2, -0.15) is 0 Å². The Morgan fingerprint density at radius 2 is 2.27 bits per heavy atom. The number of hydrogen-bond donors (Lipinski definition) is 2. The third-order valence-electron chi connectivity index (χ3n) is 4.64. The summed E-state index contributed by atoms with van der Waals surface area (Å²) in [5, 5.41) is 13.3. The van der Waals surface area contributed by atoms with Gasteiger partial charge in [-0.15, -0.1) is 0 Å². The second kappa shape index (κ2) is 6.73. The van der Waals surface area contributed by atoms with E-state index in [-0.39, 0.29) is 23.5 Å². The van der Waals surface area contributed by atoms with Crippen LogP contribution in [0, 0.1) is 5.41 Å². The normalized spacial score (nSPS) is 21.7. The number of aliphatic hydroxyl groups excluding tert-OH is 1. The molecule has 0 radical (unpaired) electrons. The number of urea groups is 1. The number of rotatable bonds is 4. The summed E-state index contributed by atoms with van der Waals surface area (Å²) >= 11 is 0. The summed E-state index contributed by atoms with van der Waals surface area (Å²) in [4.78, 5) is 14.3.